The molecule has 0 saturated heterocycles. The van der Waals surface area contributed by atoms with Gasteiger partial charge in [-0.3, -0.25) is 5.10 Å². The SMILES string of the molecule is CCCNCc1c(Cl)cccc1Sc1ncn[nH]1. The van der Waals surface area contributed by atoms with E-state index in [-0.39, 0.29) is 0 Å². The van der Waals surface area contributed by atoms with Crippen molar-refractivity contribution in [1.29, 1.82) is 0 Å². The van der Waals surface area contributed by atoms with Gasteiger partial charge in [0.25, 0.3) is 0 Å². The van der Waals surface area contributed by atoms with Gasteiger partial charge in [0.1, 0.15) is 6.33 Å². The molecule has 2 aromatic rings. The first-order valence-corrected chi connectivity index (χ1v) is 7.02. The van der Waals surface area contributed by atoms with Gasteiger partial charge in [-0.15, -0.1) is 0 Å². The van der Waals surface area contributed by atoms with E-state index in [2.05, 4.69) is 27.4 Å². The molecule has 4 nitrogen and oxygen atoms in total. The number of aromatic amines is 1. The molecule has 18 heavy (non-hydrogen) atoms. The molecule has 1 heterocycles. The van der Waals surface area contributed by atoms with E-state index in [1.807, 2.05) is 18.2 Å². The molecule has 1 aromatic heterocycles. The predicted octanol–water partition coefficient (Wildman–Crippen LogP) is 3.11. The minimum absolute atomic E-state index is 0.768. The number of benzene rings is 1. The number of nitrogens with one attached hydrogen (secondary N) is 2. The number of rotatable bonds is 6. The summed E-state index contributed by atoms with van der Waals surface area (Å²) in [5, 5.41) is 11.6. The second kappa shape index (κ2) is 6.78. The maximum Gasteiger partial charge on any atom is 0.188 e. The Morgan fingerprint density at radius 2 is 2.33 bits per heavy atom. The van der Waals surface area contributed by atoms with E-state index in [1.54, 1.807) is 0 Å². The van der Waals surface area contributed by atoms with Gasteiger partial charge in [0, 0.05) is 16.5 Å². The van der Waals surface area contributed by atoms with Crippen LogP contribution in [0.4, 0.5) is 0 Å². The fourth-order valence-corrected chi connectivity index (χ4v) is 2.70. The van der Waals surface area contributed by atoms with Gasteiger partial charge >= 0.3 is 0 Å². The van der Waals surface area contributed by atoms with Crippen LogP contribution in [0.15, 0.2) is 34.6 Å². The van der Waals surface area contributed by atoms with Crippen molar-refractivity contribution in [1.82, 2.24) is 20.5 Å². The largest absolute Gasteiger partial charge is 0.313 e. The van der Waals surface area contributed by atoms with Gasteiger partial charge in [-0.2, -0.15) is 5.10 Å². The van der Waals surface area contributed by atoms with Crippen LogP contribution in [0, 0.1) is 0 Å². The summed E-state index contributed by atoms with van der Waals surface area (Å²) in [6.07, 6.45) is 2.61. The lowest BCUT2D eigenvalue weighted by Crippen LogP contribution is -2.14. The summed E-state index contributed by atoms with van der Waals surface area (Å²) in [6, 6.07) is 5.90. The summed E-state index contributed by atoms with van der Waals surface area (Å²) < 4.78 is 0. The van der Waals surface area contributed by atoms with E-state index >= 15 is 0 Å². The highest BCUT2D eigenvalue weighted by molar-refractivity contribution is 7.99. The molecule has 0 atom stereocenters. The Morgan fingerprint density at radius 3 is 3.06 bits per heavy atom. The summed E-state index contributed by atoms with van der Waals surface area (Å²) in [6.45, 7) is 3.89. The topological polar surface area (TPSA) is 53.6 Å². The summed E-state index contributed by atoms with van der Waals surface area (Å²) in [4.78, 5) is 5.21. The zero-order valence-corrected chi connectivity index (χ0v) is 11.7. The smallest absolute Gasteiger partial charge is 0.188 e. The Bertz CT molecular complexity index is 487. The molecule has 2 rings (SSSR count). The maximum absolute atomic E-state index is 6.25. The molecule has 0 unspecified atom stereocenters. The maximum atomic E-state index is 6.25. The number of halogens is 1. The Balaban J connectivity index is 2.15. The Hall–Kier alpha value is -1.04. The first-order valence-electron chi connectivity index (χ1n) is 5.82. The summed E-state index contributed by atoms with van der Waals surface area (Å²) in [5.41, 5.74) is 1.11. The minimum atomic E-state index is 0.768. The van der Waals surface area contributed by atoms with Gasteiger partial charge in [0.05, 0.1) is 0 Å². The van der Waals surface area contributed by atoms with Gasteiger partial charge in [0.2, 0.25) is 0 Å². The van der Waals surface area contributed by atoms with Gasteiger partial charge in [-0.25, -0.2) is 4.98 Å². The van der Waals surface area contributed by atoms with Crippen LogP contribution in [0.3, 0.4) is 0 Å². The van der Waals surface area contributed by atoms with E-state index < -0.39 is 0 Å². The van der Waals surface area contributed by atoms with Crippen molar-refractivity contribution < 1.29 is 0 Å². The summed E-state index contributed by atoms with van der Waals surface area (Å²) in [5.74, 6) is 0. The lowest BCUT2D eigenvalue weighted by Gasteiger charge is -2.10. The molecular formula is C12H15ClN4S. The normalized spacial score (nSPS) is 10.8. The van der Waals surface area contributed by atoms with Gasteiger partial charge in [-0.1, -0.05) is 24.6 Å². The molecule has 96 valence electrons. The lowest BCUT2D eigenvalue weighted by molar-refractivity contribution is 0.669. The highest BCUT2D eigenvalue weighted by Gasteiger charge is 2.09. The molecule has 0 bridgehead atoms. The third-order valence-electron chi connectivity index (χ3n) is 2.40. The van der Waals surface area contributed by atoms with Crippen molar-refractivity contribution in [2.24, 2.45) is 0 Å². The number of nitrogens with zero attached hydrogens (tertiary/aromatic N) is 2. The highest BCUT2D eigenvalue weighted by atomic mass is 35.5. The minimum Gasteiger partial charge on any atom is -0.313 e. The van der Waals surface area contributed by atoms with Crippen LogP contribution in [0.1, 0.15) is 18.9 Å². The highest BCUT2D eigenvalue weighted by Crippen LogP contribution is 2.31. The number of H-pyrrole nitrogens is 1. The molecule has 0 radical (unpaired) electrons. The predicted molar refractivity (Wildman–Crippen MR) is 74.0 cm³/mol. The van der Waals surface area contributed by atoms with Crippen LogP contribution in [-0.2, 0) is 6.54 Å². The van der Waals surface area contributed by atoms with E-state index in [9.17, 15) is 0 Å². The zero-order valence-electron chi connectivity index (χ0n) is 10.1. The number of hydrogen-bond donors (Lipinski definition) is 2. The van der Waals surface area contributed by atoms with Crippen molar-refractivity contribution in [3.8, 4) is 0 Å². The van der Waals surface area contributed by atoms with Gasteiger partial charge < -0.3 is 5.32 Å². The monoisotopic (exact) mass is 282 g/mol. The van der Waals surface area contributed by atoms with Crippen LogP contribution in [0.5, 0.6) is 0 Å². The molecule has 2 N–H and O–H groups in total. The quantitative estimate of drug-likeness (QED) is 0.800. The first-order chi connectivity index (χ1) is 8.81. The third kappa shape index (κ3) is 3.48. The molecule has 6 heteroatoms. The third-order valence-corrected chi connectivity index (χ3v) is 3.75. The molecular weight excluding hydrogens is 268 g/mol. The molecule has 0 fully saturated rings. The zero-order chi connectivity index (χ0) is 12.8. The van der Waals surface area contributed by atoms with Crippen molar-refractivity contribution in [2.45, 2.75) is 29.9 Å². The van der Waals surface area contributed by atoms with E-state index in [0.717, 1.165) is 40.1 Å². The molecule has 0 amide bonds. The number of hydrogen-bond acceptors (Lipinski definition) is 4. The van der Waals surface area contributed by atoms with Crippen molar-refractivity contribution in [3.63, 3.8) is 0 Å². The lowest BCUT2D eigenvalue weighted by atomic mass is 10.2. The van der Waals surface area contributed by atoms with Crippen LogP contribution in [-0.4, -0.2) is 21.7 Å². The average molecular weight is 283 g/mol. The van der Waals surface area contributed by atoms with Gasteiger partial charge in [0.15, 0.2) is 5.16 Å². The molecule has 0 aliphatic heterocycles. The Labute approximate surface area is 116 Å². The first kappa shape index (κ1) is 13.4. The molecule has 0 spiro atoms. The Morgan fingerprint density at radius 1 is 1.44 bits per heavy atom. The number of aromatic nitrogens is 3. The van der Waals surface area contributed by atoms with Crippen LogP contribution >= 0.6 is 23.4 Å². The van der Waals surface area contributed by atoms with Crippen molar-refractivity contribution >= 4 is 23.4 Å². The van der Waals surface area contributed by atoms with E-state index in [1.165, 1.54) is 18.1 Å². The van der Waals surface area contributed by atoms with Crippen LogP contribution in [0.2, 0.25) is 5.02 Å². The van der Waals surface area contributed by atoms with Crippen LogP contribution < -0.4 is 5.32 Å². The Kier molecular flexibility index (Phi) is 5.04. The standard InChI is InChI=1S/C12H15ClN4S/c1-2-6-14-7-9-10(13)4-3-5-11(9)18-12-15-8-16-17-12/h3-5,8,14H,2,6-7H2,1H3,(H,15,16,17). The van der Waals surface area contributed by atoms with Gasteiger partial charge in [-0.05, 0) is 42.4 Å². The second-order valence-corrected chi connectivity index (χ2v) is 5.22. The molecule has 0 aliphatic rings. The average Bonchev–Trinajstić information content (AvgIpc) is 2.86. The van der Waals surface area contributed by atoms with E-state index in [4.69, 9.17) is 11.6 Å². The van der Waals surface area contributed by atoms with Crippen molar-refractivity contribution in [3.05, 3.63) is 35.1 Å². The fourth-order valence-electron chi connectivity index (χ4n) is 1.54. The molecule has 0 saturated carbocycles. The van der Waals surface area contributed by atoms with Crippen molar-refractivity contribution in [2.75, 3.05) is 6.54 Å². The molecule has 1 aromatic carbocycles. The van der Waals surface area contributed by atoms with Crippen LogP contribution in [0.25, 0.3) is 0 Å². The fraction of sp³-hybridized carbons (Fsp3) is 0.333. The second-order valence-electron chi connectivity index (χ2n) is 3.79. The summed E-state index contributed by atoms with van der Waals surface area (Å²) >= 11 is 7.79. The van der Waals surface area contributed by atoms with E-state index in [0.29, 0.717) is 0 Å². The summed E-state index contributed by atoms with van der Waals surface area (Å²) in [7, 11) is 0. The molecule has 0 aliphatic carbocycles.